The zero-order valence-corrected chi connectivity index (χ0v) is 16.3. The van der Waals surface area contributed by atoms with Gasteiger partial charge in [0.25, 0.3) is 0 Å². The van der Waals surface area contributed by atoms with Crippen molar-refractivity contribution in [1.29, 1.82) is 5.41 Å². The third-order valence-electron chi connectivity index (χ3n) is 5.28. The van der Waals surface area contributed by atoms with E-state index in [0.29, 0.717) is 5.82 Å². The molecule has 1 aromatic heterocycles. The molecule has 0 spiro atoms. The van der Waals surface area contributed by atoms with Gasteiger partial charge in [0.05, 0.1) is 0 Å². The lowest BCUT2D eigenvalue weighted by atomic mass is 9.77. The largest absolute Gasteiger partial charge is 0.352 e. The Morgan fingerprint density at radius 3 is 1.59 bits per heavy atom. The molecule has 0 bridgehead atoms. The number of hydrogen-bond donors (Lipinski definition) is 2. The van der Waals surface area contributed by atoms with Crippen LogP contribution in [0.3, 0.4) is 0 Å². The standard InChI is InChI=1S/C26H23N3/c1-20-17-18-28-25(24(20)19-27)29-26(21-11-5-2-6-12-21,22-13-7-3-8-14-22)23-15-9-4-10-16-23/h2-19,27H,1H3,(H,28,29). The van der Waals surface area contributed by atoms with E-state index in [2.05, 4.69) is 83.1 Å². The predicted octanol–water partition coefficient (Wildman–Crippen LogP) is 5.79. The Morgan fingerprint density at radius 2 is 1.17 bits per heavy atom. The summed E-state index contributed by atoms with van der Waals surface area (Å²) in [6.45, 7) is 2.00. The third-order valence-corrected chi connectivity index (χ3v) is 5.28. The SMILES string of the molecule is Cc1ccnc(NC(c2ccccc2)(c2ccccc2)c2ccccc2)c1C=N. The Labute approximate surface area is 171 Å². The lowest BCUT2D eigenvalue weighted by molar-refractivity contribution is 0.706. The van der Waals surface area contributed by atoms with Crippen LogP contribution in [0.25, 0.3) is 0 Å². The second-order valence-electron chi connectivity index (χ2n) is 7.01. The molecule has 4 rings (SSSR count). The summed E-state index contributed by atoms with van der Waals surface area (Å²) in [6.07, 6.45) is 3.16. The molecule has 1 heterocycles. The average Bonchev–Trinajstić information content (AvgIpc) is 2.79. The van der Waals surface area contributed by atoms with E-state index < -0.39 is 5.54 Å². The van der Waals surface area contributed by atoms with Gasteiger partial charge in [0.15, 0.2) is 0 Å². The Bertz CT molecular complexity index is 994. The molecule has 3 aromatic carbocycles. The van der Waals surface area contributed by atoms with E-state index in [-0.39, 0.29) is 0 Å². The Hall–Kier alpha value is -3.72. The van der Waals surface area contributed by atoms with E-state index in [1.807, 2.05) is 31.2 Å². The van der Waals surface area contributed by atoms with Gasteiger partial charge in [0, 0.05) is 18.0 Å². The van der Waals surface area contributed by atoms with Crippen molar-refractivity contribution in [2.24, 2.45) is 0 Å². The van der Waals surface area contributed by atoms with Gasteiger partial charge in [-0.2, -0.15) is 0 Å². The van der Waals surface area contributed by atoms with Gasteiger partial charge in [0.1, 0.15) is 11.4 Å². The van der Waals surface area contributed by atoms with Crippen LogP contribution >= 0.6 is 0 Å². The highest BCUT2D eigenvalue weighted by atomic mass is 15.1. The van der Waals surface area contributed by atoms with Crippen molar-refractivity contribution in [2.75, 3.05) is 5.32 Å². The van der Waals surface area contributed by atoms with Crippen LogP contribution in [0, 0.1) is 12.3 Å². The summed E-state index contributed by atoms with van der Waals surface area (Å²) in [7, 11) is 0. The molecule has 29 heavy (non-hydrogen) atoms. The maximum Gasteiger partial charge on any atom is 0.136 e. The van der Waals surface area contributed by atoms with Crippen LogP contribution in [0.15, 0.2) is 103 Å². The number of rotatable bonds is 6. The topological polar surface area (TPSA) is 48.8 Å². The maximum absolute atomic E-state index is 7.94. The number of nitrogens with zero attached hydrogens (tertiary/aromatic N) is 1. The monoisotopic (exact) mass is 377 g/mol. The van der Waals surface area contributed by atoms with Crippen LogP contribution in [0.5, 0.6) is 0 Å². The van der Waals surface area contributed by atoms with E-state index in [1.165, 1.54) is 6.21 Å². The first-order chi connectivity index (χ1) is 14.3. The third kappa shape index (κ3) is 3.43. The van der Waals surface area contributed by atoms with Gasteiger partial charge < -0.3 is 10.7 Å². The molecule has 4 aromatic rings. The molecule has 0 aliphatic carbocycles. The van der Waals surface area contributed by atoms with Crippen molar-refractivity contribution in [3.8, 4) is 0 Å². The van der Waals surface area contributed by atoms with Crippen LogP contribution in [0.1, 0.15) is 27.8 Å². The van der Waals surface area contributed by atoms with Crippen LogP contribution in [0.4, 0.5) is 5.82 Å². The molecule has 3 nitrogen and oxygen atoms in total. The van der Waals surface area contributed by atoms with Gasteiger partial charge in [-0.25, -0.2) is 4.98 Å². The molecule has 0 saturated carbocycles. The van der Waals surface area contributed by atoms with E-state index in [0.717, 1.165) is 27.8 Å². The zero-order chi connectivity index (χ0) is 20.1. The van der Waals surface area contributed by atoms with Crippen LogP contribution in [-0.4, -0.2) is 11.2 Å². The number of benzene rings is 3. The summed E-state index contributed by atoms with van der Waals surface area (Å²) in [5.41, 5.74) is 4.48. The fourth-order valence-electron chi connectivity index (χ4n) is 3.81. The average molecular weight is 377 g/mol. The molecule has 0 fully saturated rings. The fraction of sp³-hybridized carbons (Fsp3) is 0.0769. The van der Waals surface area contributed by atoms with E-state index in [4.69, 9.17) is 5.41 Å². The highest BCUT2D eigenvalue weighted by Gasteiger charge is 2.37. The molecule has 0 atom stereocenters. The minimum absolute atomic E-state index is 0.650. The van der Waals surface area contributed by atoms with E-state index >= 15 is 0 Å². The normalized spacial score (nSPS) is 11.1. The van der Waals surface area contributed by atoms with Crippen LogP contribution in [-0.2, 0) is 5.54 Å². The molecule has 0 saturated heterocycles. The molecular weight excluding hydrogens is 354 g/mol. The van der Waals surface area contributed by atoms with Gasteiger partial charge in [-0.3, -0.25) is 0 Å². The number of aryl methyl sites for hydroxylation is 1. The summed E-state index contributed by atoms with van der Waals surface area (Å²) in [5.74, 6) is 0.691. The first-order valence-electron chi connectivity index (χ1n) is 9.66. The van der Waals surface area contributed by atoms with Gasteiger partial charge in [0.2, 0.25) is 0 Å². The van der Waals surface area contributed by atoms with E-state index in [9.17, 15) is 0 Å². The molecule has 0 unspecified atom stereocenters. The van der Waals surface area contributed by atoms with Crippen molar-refractivity contribution >= 4 is 12.0 Å². The summed E-state index contributed by atoms with van der Waals surface area (Å²) < 4.78 is 0. The molecule has 2 N–H and O–H groups in total. The minimum Gasteiger partial charge on any atom is -0.352 e. The molecule has 0 aliphatic heterocycles. The van der Waals surface area contributed by atoms with Crippen molar-refractivity contribution < 1.29 is 0 Å². The summed E-state index contributed by atoms with van der Waals surface area (Å²) >= 11 is 0. The van der Waals surface area contributed by atoms with Crippen LogP contribution < -0.4 is 5.32 Å². The summed E-state index contributed by atoms with van der Waals surface area (Å²) in [6, 6.07) is 33.1. The van der Waals surface area contributed by atoms with Gasteiger partial charge in [-0.1, -0.05) is 91.0 Å². The fourth-order valence-corrected chi connectivity index (χ4v) is 3.81. The van der Waals surface area contributed by atoms with Crippen molar-refractivity contribution in [2.45, 2.75) is 12.5 Å². The lowest BCUT2D eigenvalue weighted by Gasteiger charge is -2.37. The molecule has 3 heteroatoms. The first-order valence-corrected chi connectivity index (χ1v) is 9.66. The quantitative estimate of drug-likeness (QED) is 0.330. The van der Waals surface area contributed by atoms with Gasteiger partial charge in [-0.05, 0) is 35.2 Å². The predicted molar refractivity (Wildman–Crippen MR) is 120 cm³/mol. The van der Waals surface area contributed by atoms with Crippen molar-refractivity contribution in [3.05, 3.63) is 131 Å². The number of nitrogens with one attached hydrogen (secondary N) is 2. The molecule has 0 amide bonds. The highest BCUT2D eigenvalue weighted by molar-refractivity contribution is 5.86. The van der Waals surface area contributed by atoms with Crippen LogP contribution in [0.2, 0.25) is 0 Å². The Balaban J connectivity index is 2.04. The van der Waals surface area contributed by atoms with Gasteiger partial charge in [-0.15, -0.1) is 0 Å². The molecular formula is C26H23N3. The Kier molecular flexibility index (Phi) is 5.21. The van der Waals surface area contributed by atoms with Crippen molar-refractivity contribution in [1.82, 2.24) is 4.98 Å². The lowest BCUT2D eigenvalue weighted by Crippen LogP contribution is -2.38. The van der Waals surface area contributed by atoms with Gasteiger partial charge >= 0.3 is 0 Å². The molecule has 0 radical (unpaired) electrons. The first kappa shape index (κ1) is 18.6. The molecule has 0 aliphatic rings. The van der Waals surface area contributed by atoms with Crippen molar-refractivity contribution in [3.63, 3.8) is 0 Å². The summed E-state index contributed by atoms with van der Waals surface area (Å²) in [4.78, 5) is 4.61. The second kappa shape index (κ2) is 8.11. The smallest absolute Gasteiger partial charge is 0.136 e. The minimum atomic E-state index is -0.650. The maximum atomic E-state index is 7.94. The Morgan fingerprint density at radius 1 is 0.724 bits per heavy atom. The molecule has 142 valence electrons. The highest BCUT2D eigenvalue weighted by Crippen LogP contribution is 2.40. The van der Waals surface area contributed by atoms with E-state index in [1.54, 1.807) is 6.20 Å². The number of pyridine rings is 1. The number of anilines is 1. The number of hydrogen-bond acceptors (Lipinski definition) is 3. The number of aromatic nitrogens is 1. The second-order valence-corrected chi connectivity index (χ2v) is 7.01. The zero-order valence-electron chi connectivity index (χ0n) is 16.3. The summed E-state index contributed by atoms with van der Waals surface area (Å²) in [5, 5.41) is 11.7.